The van der Waals surface area contributed by atoms with Gasteiger partial charge in [0.2, 0.25) is 0 Å². The van der Waals surface area contributed by atoms with E-state index < -0.39 is 0 Å². The molecule has 0 atom stereocenters. The first-order valence-corrected chi connectivity index (χ1v) is 20.4. The zero-order valence-electron chi connectivity index (χ0n) is 32.0. The summed E-state index contributed by atoms with van der Waals surface area (Å²) in [6.45, 7) is 14.7. The van der Waals surface area contributed by atoms with E-state index in [1.165, 1.54) is 107 Å². The van der Waals surface area contributed by atoms with Gasteiger partial charge >= 0.3 is 0 Å². The van der Waals surface area contributed by atoms with Crippen molar-refractivity contribution in [3.8, 4) is 22.3 Å². The molecule has 5 aromatic rings. The van der Waals surface area contributed by atoms with Crippen molar-refractivity contribution in [1.29, 1.82) is 0 Å². The third-order valence-electron chi connectivity index (χ3n) is 15.7. The van der Waals surface area contributed by atoms with Crippen LogP contribution < -0.4 is 4.90 Å². The van der Waals surface area contributed by atoms with Crippen molar-refractivity contribution in [3.05, 3.63) is 137 Å². The number of nitrogens with zero attached hydrogens (tertiary/aromatic N) is 1. The van der Waals surface area contributed by atoms with Gasteiger partial charge in [0.25, 0.3) is 0 Å². The summed E-state index contributed by atoms with van der Waals surface area (Å²) >= 11 is 0. The van der Waals surface area contributed by atoms with Gasteiger partial charge in [0, 0.05) is 27.8 Å². The Hall–Kier alpha value is -4.10. The molecule has 0 saturated heterocycles. The summed E-state index contributed by atoms with van der Waals surface area (Å²) in [7, 11) is 0. The van der Waals surface area contributed by atoms with Gasteiger partial charge in [-0.15, -0.1) is 0 Å². The molecule has 4 fully saturated rings. The van der Waals surface area contributed by atoms with Crippen molar-refractivity contribution in [2.75, 3.05) is 4.90 Å². The maximum atomic E-state index is 2.67. The molecule has 0 heterocycles. The van der Waals surface area contributed by atoms with Crippen LogP contribution in [-0.2, 0) is 21.7 Å². The molecular weight excluding hydrogens is 627 g/mol. The highest BCUT2D eigenvalue weighted by molar-refractivity contribution is 5.96. The molecule has 0 amide bonds. The molecule has 262 valence electrons. The van der Waals surface area contributed by atoms with Gasteiger partial charge in [-0.25, -0.2) is 0 Å². The second kappa shape index (κ2) is 10.3. The molecule has 0 N–H and O–H groups in total. The van der Waals surface area contributed by atoms with Crippen molar-refractivity contribution < 1.29 is 0 Å². The van der Waals surface area contributed by atoms with Crippen molar-refractivity contribution in [1.82, 2.24) is 0 Å². The van der Waals surface area contributed by atoms with E-state index in [9.17, 15) is 0 Å². The van der Waals surface area contributed by atoms with Crippen LogP contribution in [0.5, 0.6) is 0 Å². The quantitative estimate of drug-likeness (QED) is 0.183. The molecule has 0 radical (unpaired) electrons. The predicted molar refractivity (Wildman–Crippen MR) is 217 cm³/mol. The lowest BCUT2D eigenvalue weighted by Gasteiger charge is -2.61. The molecule has 0 aliphatic heterocycles. The average molecular weight is 680 g/mol. The van der Waals surface area contributed by atoms with Crippen LogP contribution in [0.15, 0.2) is 103 Å². The third kappa shape index (κ3) is 3.96. The summed E-state index contributed by atoms with van der Waals surface area (Å²) in [5.41, 5.74) is 19.2. The smallest absolute Gasteiger partial charge is 0.0543 e. The third-order valence-corrected chi connectivity index (χ3v) is 15.7. The molecule has 52 heavy (non-hydrogen) atoms. The summed E-state index contributed by atoms with van der Waals surface area (Å²) in [5, 5.41) is 0. The van der Waals surface area contributed by atoms with Crippen LogP contribution in [0.2, 0.25) is 0 Å². The first kappa shape index (κ1) is 31.4. The van der Waals surface area contributed by atoms with Crippen molar-refractivity contribution in [2.45, 2.75) is 108 Å². The van der Waals surface area contributed by atoms with Gasteiger partial charge in [-0.3, -0.25) is 0 Å². The van der Waals surface area contributed by atoms with Crippen LogP contribution in [0.3, 0.4) is 0 Å². The molecule has 4 bridgehead atoms. The highest BCUT2D eigenvalue weighted by atomic mass is 15.1. The zero-order chi connectivity index (χ0) is 35.4. The number of hydrogen-bond donors (Lipinski definition) is 0. The first-order valence-electron chi connectivity index (χ1n) is 20.4. The minimum absolute atomic E-state index is 0.0643. The number of hydrogen-bond acceptors (Lipinski definition) is 1. The monoisotopic (exact) mass is 679 g/mol. The van der Waals surface area contributed by atoms with Gasteiger partial charge in [-0.2, -0.15) is 0 Å². The van der Waals surface area contributed by atoms with Gasteiger partial charge in [0.05, 0.1) is 5.69 Å². The van der Waals surface area contributed by atoms with Crippen LogP contribution in [0.25, 0.3) is 22.3 Å². The van der Waals surface area contributed by atoms with Crippen molar-refractivity contribution in [2.24, 2.45) is 23.7 Å². The molecule has 1 heteroatoms. The molecule has 7 aliphatic carbocycles. The normalized spacial score (nSPS) is 28.6. The largest absolute Gasteiger partial charge is 0.310 e. The molecular formula is C51H53N. The highest BCUT2D eigenvalue weighted by Crippen LogP contribution is 2.70. The lowest BCUT2D eigenvalue weighted by Crippen LogP contribution is -2.55. The van der Waals surface area contributed by atoms with E-state index in [2.05, 4.69) is 150 Å². The number of anilines is 3. The Morgan fingerprint density at radius 2 is 1.02 bits per heavy atom. The molecule has 12 rings (SSSR count). The second-order valence-electron chi connectivity index (χ2n) is 19.7. The molecule has 1 spiro atoms. The van der Waals surface area contributed by atoms with Gasteiger partial charge in [-0.1, -0.05) is 114 Å². The molecule has 5 aromatic carbocycles. The standard InChI is InChI=1S/C51H53N/c1-48(2)22-23-49(3,4)45-30-36(19-21-42(45)48)52(35-18-20-38-37-12-7-9-14-40(37)50(5,6)44(38)29-35)46-17-11-16-43-47(46)39-13-8-10-15-41(39)51(43)33-25-31-24-32(27-33)28-34(51)26-31/h7-21,29-34H,22-28H2,1-6H3. The fourth-order valence-corrected chi connectivity index (χ4v) is 13.3. The van der Waals surface area contributed by atoms with Gasteiger partial charge in [0.1, 0.15) is 0 Å². The van der Waals surface area contributed by atoms with E-state index in [0.29, 0.717) is 0 Å². The molecule has 1 nitrogen and oxygen atoms in total. The molecule has 7 aliphatic rings. The van der Waals surface area contributed by atoms with E-state index in [-0.39, 0.29) is 21.7 Å². The number of fused-ring (bicyclic) bond motifs is 7. The lowest BCUT2D eigenvalue weighted by molar-refractivity contribution is -0.0399. The molecule has 0 unspecified atom stereocenters. The van der Waals surface area contributed by atoms with E-state index >= 15 is 0 Å². The predicted octanol–water partition coefficient (Wildman–Crippen LogP) is 13.5. The summed E-state index contributed by atoms with van der Waals surface area (Å²) in [6.07, 6.45) is 9.55. The van der Waals surface area contributed by atoms with Crippen LogP contribution >= 0.6 is 0 Å². The van der Waals surface area contributed by atoms with E-state index in [0.717, 1.165) is 23.7 Å². The van der Waals surface area contributed by atoms with E-state index in [1.807, 2.05) is 0 Å². The zero-order valence-corrected chi connectivity index (χ0v) is 32.0. The summed E-state index contributed by atoms with van der Waals surface area (Å²) in [6, 6.07) is 41.0. The molecule has 4 saturated carbocycles. The summed E-state index contributed by atoms with van der Waals surface area (Å²) < 4.78 is 0. The average Bonchev–Trinajstić information content (AvgIpc) is 3.56. The summed E-state index contributed by atoms with van der Waals surface area (Å²) in [4.78, 5) is 2.67. The maximum Gasteiger partial charge on any atom is 0.0543 e. The minimum atomic E-state index is -0.0643. The lowest BCUT2D eigenvalue weighted by atomic mass is 9.43. The van der Waals surface area contributed by atoms with E-state index in [1.54, 1.807) is 11.1 Å². The molecule has 0 aromatic heterocycles. The number of benzene rings is 5. The Bertz CT molecular complexity index is 2290. The first-order chi connectivity index (χ1) is 25.0. The Morgan fingerprint density at radius 1 is 0.462 bits per heavy atom. The maximum absolute atomic E-state index is 2.67. The van der Waals surface area contributed by atoms with E-state index in [4.69, 9.17) is 0 Å². The van der Waals surface area contributed by atoms with Gasteiger partial charge in [0.15, 0.2) is 0 Å². The van der Waals surface area contributed by atoms with Crippen LogP contribution in [-0.4, -0.2) is 0 Å². The van der Waals surface area contributed by atoms with Crippen LogP contribution in [0.4, 0.5) is 17.1 Å². The highest BCUT2D eigenvalue weighted by Gasteiger charge is 2.62. The second-order valence-corrected chi connectivity index (χ2v) is 19.7. The Balaban J connectivity index is 1.17. The van der Waals surface area contributed by atoms with Gasteiger partial charge < -0.3 is 4.90 Å². The topological polar surface area (TPSA) is 3.24 Å². The fourth-order valence-electron chi connectivity index (χ4n) is 13.3. The van der Waals surface area contributed by atoms with Crippen LogP contribution in [0, 0.1) is 23.7 Å². The number of rotatable bonds is 3. The fraction of sp³-hybridized carbons (Fsp3) is 0.412. The minimum Gasteiger partial charge on any atom is -0.310 e. The van der Waals surface area contributed by atoms with Gasteiger partial charge in [-0.05, 0) is 160 Å². The Kier molecular flexibility index (Phi) is 6.23. The van der Waals surface area contributed by atoms with Crippen molar-refractivity contribution >= 4 is 17.1 Å². The SMILES string of the molecule is CC1(C)CCC(C)(C)c2cc(N(c3ccc4c(c3)C(C)(C)c3ccccc3-4)c3cccc4c3-c3ccccc3C43C4CC5CC(C4)CC3C5)ccc21. The Morgan fingerprint density at radius 3 is 1.73 bits per heavy atom. The summed E-state index contributed by atoms with van der Waals surface area (Å²) in [5.74, 6) is 3.37. The Labute approximate surface area is 311 Å². The van der Waals surface area contributed by atoms with Crippen LogP contribution in [0.1, 0.15) is 120 Å². The van der Waals surface area contributed by atoms with Crippen molar-refractivity contribution in [3.63, 3.8) is 0 Å².